The van der Waals surface area contributed by atoms with Crippen LogP contribution in [0.2, 0.25) is 0 Å². The van der Waals surface area contributed by atoms with Crippen LogP contribution in [-0.2, 0) is 22.3 Å². The molecule has 0 saturated carbocycles. The van der Waals surface area contributed by atoms with E-state index in [0.29, 0.717) is 23.5 Å². The highest BCUT2D eigenvalue weighted by molar-refractivity contribution is 5.98. The number of benzene rings is 2. The van der Waals surface area contributed by atoms with Crippen molar-refractivity contribution in [3.63, 3.8) is 0 Å². The summed E-state index contributed by atoms with van der Waals surface area (Å²) in [5.74, 6) is 0. The predicted octanol–water partition coefficient (Wildman–Crippen LogP) is 4.42. The van der Waals surface area contributed by atoms with Gasteiger partial charge in [0, 0.05) is 43.7 Å². The van der Waals surface area contributed by atoms with Crippen LogP contribution < -0.4 is 0 Å². The first-order valence-corrected chi connectivity index (χ1v) is 9.37. The van der Waals surface area contributed by atoms with Gasteiger partial charge in [0.25, 0.3) is 0 Å². The molecule has 0 spiro atoms. The van der Waals surface area contributed by atoms with Gasteiger partial charge in [-0.25, -0.2) is 9.78 Å². The molecule has 1 N–H and O–H groups in total. The van der Waals surface area contributed by atoms with E-state index in [2.05, 4.69) is 0 Å². The molecule has 0 aromatic heterocycles. The second-order valence-corrected chi connectivity index (χ2v) is 6.86. The van der Waals surface area contributed by atoms with Gasteiger partial charge in [0.2, 0.25) is 0 Å². The van der Waals surface area contributed by atoms with Gasteiger partial charge in [-0.15, -0.1) is 0 Å². The molecule has 0 aliphatic carbocycles. The highest BCUT2D eigenvalue weighted by atomic mass is 16.7. The fourth-order valence-electron chi connectivity index (χ4n) is 3.77. The summed E-state index contributed by atoms with van der Waals surface area (Å²) in [5, 5.41) is 11.1. The molecule has 0 unspecified atom stereocenters. The summed E-state index contributed by atoms with van der Waals surface area (Å²) in [5.41, 5.74) is 4.70. The lowest BCUT2D eigenvalue weighted by molar-refractivity contribution is -0.101. The molecule has 4 rings (SSSR count). The Morgan fingerprint density at radius 2 is 1.76 bits per heavy atom. The number of carboxylic acid groups (broad SMARTS) is 1. The van der Waals surface area contributed by atoms with E-state index in [1.54, 1.807) is 14.2 Å². The molecule has 2 aliphatic rings. The van der Waals surface area contributed by atoms with E-state index < -0.39 is 12.4 Å². The first kappa shape index (κ1) is 19.1. The van der Waals surface area contributed by atoms with Crippen LogP contribution in [-0.4, -0.2) is 41.3 Å². The number of hydrogen-bond donors (Lipinski definition) is 1. The number of nitrogens with zero attached hydrogens (tertiary/aromatic N) is 2. The Hall–Kier alpha value is -3.22. The Morgan fingerprint density at radius 3 is 2.45 bits per heavy atom. The number of carbonyl (C=O) groups is 1. The molecule has 2 aromatic carbocycles. The van der Waals surface area contributed by atoms with Crippen molar-refractivity contribution >= 4 is 17.0 Å². The summed E-state index contributed by atoms with van der Waals surface area (Å²) in [6, 6.07) is 19.6. The fourth-order valence-corrected chi connectivity index (χ4v) is 3.77. The zero-order valence-corrected chi connectivity index (χ0v) is 16.3. The minimum absolute atomic E-state index is 0.266. The van der Waals surface area contributed by atoms with Crippen molar-refractivity contribution in [1.29, 1.82) is 0 Å². The van der Waals surface area contributed by atoms with Gasteiger partial charge in [-0.2, -0.15) is 0 Å². The highest BCUT2D eigenvalue weighted by Gasteiger charge is 2.26. The Morgan fingerprint density at radius 1 is 1.07 bits per heavy atom. The molecule has 2 aliphatic heterocycles. The second-order valence-electron chi connectivity index (χ2n) is 6.86. The number of methoxy groups -OCH3 is 2. The van der Waals surface area contributed by atoms with Crippen molar-refractivity contribution in [2.45, 2.75) is 19.1 Å². The number of fused-ring (bicyclic) bond motifs is 3. The van der Waals surface area contributed by atoms with Gasteiger partial charge >= 0.3 is 6.09 Å². The van der Waals surface area contributed by atoms with Gasteiger partial charge in [-0.1, -0.05) is 48.5 Å². The lowest BCUT2D eigenvalue weighted by atomic mass is 10.0. The minimum Gasteiger partial charge on any atom is -0.464 e. The van der Waals surface area contributed by atoms with Crippen molar-refractivity contribution in [2.24, 2.45) is 0 Å². The Labute approximate surface area is 168 Å². The smallest absolute Gasteiger partial charge is 0.416 e. The first-order valence-electron chi connectivity index (χ1n) is 9.37. The third-order valence-electron chi connectivity index (χ3n) is 5.13. The molecule has 29 heavy (non-hydrogen) atoms. The topological polar surface area (TPSA) is 73.6 Å². The molecular weight excluding hydrogens is 368 g/mol. The monoisotopic (exact) mass is 390 g/mol. The van der Waals surface area contributed by atoms with Crippen LogP contribution in [0.1, 0.15) is 17.0 Å². The summed E-state index contributed by atoms with van der Waals surface area (Å²) in [6.45, 7) is 0. The van der Waals surface area contributed by atoms with Crippen LogP contribution in [0.15, 0.2) is 60.7 Å². The molecule has 6 heteroatoms. The number of rotatable bonds is 6. The van der Waals surface area contributed by atoms with Gasteiger partial charge in [-0.3, -0.25) is 4.57 Å². The maximum Gasteiger partial charge on any atom is 0.416 e. The maximum absolute atomic E-state index is 12.3. The number of pyridine rings is 1. The number of ether oxygens (including phenoxy) is 2. The van der Waals surface area contributed by atoms with E-state index in [1.807, 2.05) is 60.7 Å². The average molecular weight is 390 g/mol. The van der Waals surface area contributed by atoms with Crippen molar-refractivity contribution in [3.8, 4) is 11.3 Å². The summed E-state index contributed by atoms with van der Waals surface area (Å²) < 4.78 is 12.1. The SMILES string of the molecule is COC(Cc1c2nc3ccccc3c-2cc(Cc2ccccc2)n1C(=O)O)OC. The molecule has 0 atom stereocenters. The van der Waals surface area contributed by atoms with Crippen LogP contribution in [0.3, 0.4) is 0 Å². The molecule has 0 amide bonds. The summed E-state index contributed by atoms with van der Waals surface area (Å²) in [6.07, 6.45) is -0.872. The molecule has 2 aromatic rings. The van der Waals surface area contributed by atoms with Crippen molar-refractivity contribution < 1.29 is 19.4 Å². The number of aromatic nitrogens is 2. The quantitative estimate of drug-likeness (QED) is 0.494. The van der Waals surface area contributed by atoms with E-state index in [9.17, 15) is 9.90 Å². The zero-order valence-electron chi connectivity index (χ0n) is 16.3. The van der Waals surface area contributed by atoms with E-state index in [1.165, 1.54) is 4.57 Å². The largest absolute Gasteiger partial charge is 0.464 e. The van der Waals surface area contributed by atoms with Crippen molar-refractivity contribution in [1.82, 2.24) is 9.55 Å². The lowest BCUT2D eigenvalue weighted by Crippen LogP contribution is -2.26. The molecule has 2 heterocycles. The summed E-state index contributed by atoms with van der Waals surface area (Å²) in [7, 11) is 3.08. The van der Waals surface area contributed by atoms with Gasteiger partial charge < -0.3 is 14.6 Å². The molecular formula is C23H22N2O4. The average Bonchev–Trinajstić information content (AvgIpc) is 3.11. The van der Waals surface area contributed by atoms with Gasteiger partial charge in [0.15, 0.2) is 6.29 Å². The van der Waals surface area contributed by atoms with Crippen LogP contribution in [0, 0.1) is 0 Å². The lowest BCUT2D eigenvalue weighted by Gasteiger charge is -2.21. The first-order chi connectivity index (χ1) is 14.1. The molecule has 6 nitrogen and oxygen atoms in total. The minimum atomic E-state index is -1.05. The van der Waals surface area contributed by atoms with Crippen LogP contribution in [0.25, 0.3) is 22.2 Å². The molecule has 148 valence electrons. The van der Waals surface area contributed by atoms with Crippen LogP contribution in [0.4, 0.5) is 4.79 Å². The zero-order chi connectivity index (χ0) is 20.4. The van der Waals surface area contributed by atoms with Crippen molar-refractivity contribution in [3.05, 3.63) is 77.6 Å². The van der Waals surface area contributed by atoms with Crippen molar-refractivity contribution in [2.75, 3.05) is 14.2 Å². The summed E-state index contributed by atoms with van der Waals surface area (Å²) >= 11 is 0. The van der Waals surface area contributed by atoms with Crippen LogP contribution in [0.5, 0.6) is 0 Å². The van der Waals surface area contributed by atoms with Gasteiger partial charge in [0.1, 0.15) is 0 Å². The maximum atomic E-state index is 12.3. The Bertz CT molecular complexity index is 1120. The van der Waals surface area contributed by atoms with E-state index >= 15 is 0 Å². The van der Waals surface area contributed by atoms with E-state index in [0.717, 1.165) is 22.0 Å². The number of hydrogen-bond acceptors (Lipinski definition) is 4. The fraction of sp³-hybridized carbons (Fsp3) is 0.217. The van der Waals surface area contributed by atoms with Crippen LogP contribution >= 0.6 is 0 Å². The molecule has 0 bridgehead atoms. The Balaban J connectivity index is 1.99. The number of para-hydroxylation sites is 1. The van der Waals surface area contributed by atoms with E-state index in [4.69, 9.17) is 14.5 Å². The normalized spacial score (nSPS) is 11.6. The van der Waals surface area contributed by atoms with Gasteiger partial charge in [-0.05, 0) is 17.7 Å². The molecule has 0 radical (unpaired) electrons. The highest BCUT2D eigenvalue weighted by Crippen LogP contribution is 2.36. The van der Waals surface area contributed by atoms with E-state index in [-0.39, 0.29) is 6.42 Å². The predicted molar refractivity (Wildman–Crippen MR) is 111 cm³/mol. The third-order valence-corrected chi connectivity index (χ3v) is 5.13. The summed E-state index contributed by atoms with van der Waals surface area (Å²) in [4.78, 5) is 17.0. The third kappa shape index (κ3) is 3.60. The second kappa shape index (κ2) is 8.03. The van der Waals surface area contributed by atoms with Gasteiger partial charge in [0.05, 0.1) is 16.9 Å². The standard InChI is InChI=1S/C23H22N2O4/c1-28-21(29-2)14-20-22-18(17-10-6-7-11-19(17)24-22)13-16(25(20)23(26)27)12-15-8-4-3-5-9-15/h3-11,13,21H,12,14H2,1-2H3,(H,26,27). The Kier molecular flexibility index (Phi) is 5.29. The molecule has 0 fully saturated rings. The molecule has 0 saturated heterocycles.